The Balaban J connectivity index is 4.54. The van der Waals surface area contributed by atoms with Gasteiger partial charge in [0, 0.05) is 18.0 Å². The molecule has 0 saturated heterocycles. The van der Waals surface area contributed by atoms with Crippen LogP contribution in [0.3, 0.4) is 0 Å². The van der Waals surface area contributed by atoms with Crippen LogP contribution < -0.4 is 0 Å². The van der Waals surface area contributed by atoms with Gasteiger partial charge in [-0.05, 0) is 16.6 Å². The summed E-state index contributed by atoms with van der Waals surface area (Å²) in [5.74, 6) is 0. The minimum atomic E-state index is -1.82. The molecule has 0 aromatic carbocycles. The average molecular weight is 261 g/mol. The van der Waals surface area contributed by atoms with Crippen molar-refractivity contribution in [1.29, 1.82) is 0 Å². The Morgan fingerprint density at radius 3 is 1.76 bits per heavy atom. The van der Waals surface area contributed by atoms with Crippen molar-refractivity contribution in [3.8, 4) is 0 Å². The van der Waals surface area contributed by atoms with E-state index >= 15 is 0 Å². The minimum absolute atomic E-state index is 0.0127. The third-order valence-corrected chi connectivity index (χ3v) is 9.66. The van der Waals surface area contributed by atoms with Gasteiger partial charge in [-0.15, -0.1) is 0 Å². The van der Waals surface area contributed by atoms with Crippen molar-refractivity contribution >= 4 is 8.32 Å². The van der Waals surface area contributed by atoms with Crippen molar-refractivity contribution in [2.24, 2.45) is 0 Å². The predicted octanol–water partition coefficient (Wildman–Crippen LogP) is 3.85. The van der Waals surface area contributed by atoms with Crippen molar-refractivity contribution < 1.29 is 9.35 Å². The first-order valence-corrected chi connectivity index (χ1v) is 8.64. The molecule has 0 rings (SSSR count). The maximum atomic E-state index is 10.3. The summed E-state index contributed by atoms with van der Waals surface area (Å²) in [5, 5.41) is 10.3. The Labute approximate surface area is 106 Å². The summed E-state index contributed by atoms with van der Waals surface area (Å²) in [6.45, 7) is 13.9. The average Bonchev–Trinajstić information content (AvgIpc) is 2.15. The van der Waals surface area contributed by atoms with Gasteiger partial charge < -0.3 is 4.43 Å². The lowest BCUT2D eigenvalue weighted by Crippen LogP contribution is -2.48. The molecule has 0 spiro atoms. The van der Waals surface area contributed by atoms with E-state index < -0.39 is 8.32 Å². The Bertz CT molecular complexity index is 220. The highest BCUT2D eigenvalue weighted by Crippen LogP contribution is 2.42. The molecule has 0 aliphatic carbocycles. The number of hydrogen-bond acceptors (Lipinski definition) is 3. The molecule has 0 unspecified atom stereocenters. The van der Waals surface area contributed by atoms with Gasteiger partial charge in [-0.2, -0.15) is 0 Å². The topological polar surface area (TPSA) is 52.4 Å². The highest BCUT2D eigenvalue weighted by atomic mass is 28.4. The highest BCUT2D eigenvalue weighted by molar-refractivity contribution is 6.77. The highest BCUT2D eigenvalue weighted by Gasteiger charge is 2.44. The van der Waals surface area contributed by atoms with Crippen LogP contribution in [0.25, 0.3) is 0 Å². The van der Waals surface area contributed by atoms with Crippen LogP contribution in [0.1, 0.15) is 48.0 Å². The van der Waals surface area contributed by atoms with E-state index in [9.17, 15) is 10.1 Å². The molecule has 4 nitrogen and oxygen atoms in total. The van der Waals surface area contributed by atoms with Crippen molar-refractivity contribution in [2.75, 3.05) is 13.2 Å². The number of nitro groups is 1. The standard InChI is InChI=1S/C12H27NO3Si/c1-10(2)17(11(3)4,12(5)6)16-9-7-8-13(14)15/h10-12H,7-9H2,1-6H3. The van der Waals surface area contributed by atoms with E-state index in [2.05, 4.69) is 41.5 Å². The third-order valence-electron chi connectivity index (χ3n) is 3.54. The first kappa shape index (κ1) is 16.6. The second-order valence-electron chi connectivity index (χ2n) is 5.58. The molecule has 0 N–H and O–H groups in total. The smallest absolute Gasteiger partial charge is 0.206 e. The van der Waals surface area contributed by atoms with Gasteiger partial charge in [-0.3, -0.25) is 10.1 Å². The fourth-order valence-electron chi connectivity index (χ4n) is 2.94. The Morgan fingerprint density at radius 2 is 1.47 bits per heavy atom. The first-order valence-electron chi connectivity index (χ1n) is 6.50. The normalized spacial score (nSPS) is 12.8. The van der Waals surface area contributed by atoms with Crippen LogP contribution in [0.2, 0.25) is 16.6 Å². The van der Waals surface area contributed by atoms with Gasteiger partial charge in [-0.1, -0.05) is 41.5 Å². The number of nitrogens with zero attached hydrogens (tertiary/aromatic N) is 1. The van der Waals surface area contributed by atoms with Crippen LogP contribution >= 0.6 is 0 Å². The summed E-state index contributed by atoms with van der Waals surface area (Å²) in [5.41, 5.74) is 1.62. The monoisotopic (exact) mass is 261 g/mol. The van der Waals surface area contributed by atoms with E-state index in [-0.39, 0.29) is 11.5 Å². The molecule has 0 aromatic heterocycles. The molecular formula is C12H27NO3Si. The molecule has 0 fully saturated rings. The van der Waals surface area contributed by atoms with Gasteiger partial charge >= 0.3 is 0 Å². The molecule has 0 atom stereocenters. The fourth-order valence-corrected chi connectivity index (χ4v) is 8.44. The molecule has 0 amide bonds. The van der Waals surface area contributed by atoms with Crippen LogP contribution in [-0.4, -0.2) is 26.4 Å². The SMILES string of the molecule is CC(C)[Si](OCCC[N+](=O)[O-])(C(C)C)C(C)C. The number of rotatable bonds is 8. The predicted molar refractivity (Wildman–Crippen MR) is 73.5 cm³/mol. The first-order chi connectivity index (χ1) is 7.75. The van der Waals surface area contributed by atoms with Crippen LogP contribution in [0.4, 0.5) is 0 Å². The molecule has 0 aromatic rings. The Hall–Kier alpha value is -0.423. The van der Waals surface area contributed by atoms with Crippen molar-refractivity contribution in [1.82, 2.24) is 0 Å². The molecule has 17 heavy (non-hydrogen) atoms. The summed E-state index contributed by atoms with van der Waals surface area (Å²) in [6.07, 6.45) is 0.522. The second kappa shape index (κ2) is 7.11. The summed E-state index contributed by atoms with van der Waals surface area (Å²) >= 11 is 0. The maximum absolute atomic E-state index is 10.3. The van der Waals surface area contributed by atoms with Crippen molar-refractivity contribution in [3.05, 3.63) is 10.1 Å². The maximum Gasteiger partial charge on any atom is 0.206 e. The van der Waals surface area contributed by atoms with Crippen molar-refractivity contribution in [3.63, 3.8) is 0 Å². The lowest BCUT2D eigenvalue weighted by atomic mass is 10.5. The molecule has 0 radical (unpaired) electrons. The quantitative estimate of drug-likeness (QED) is 0.289. The zero-order chi connectivity index (χ0) is 13.6. The van der Waals surface area contributed by atoms with Crippen LogP contribution in [0, 0.1) is 10.1 Å². The van der Waals surface area contributed by atoms with Gasteiger partial charge in [0.05, 0.1) is 0 Å². The largest absolute Gasteiger partial charge is 0.416 e. The molecule has 0 aliphatic heterocycles. The lowest BCUT2D eigenvalue weighted by molar-refractivity contribution is -0.480. The zero-order valence-electron chi connectivity index (χ0n) is 12.0. The third kappa shape index (κ3) is 4.39. The van der Waals surface area contributed by atoms with Gasteiger partial charge in [0.1, 0.15) is 0 Å². The molecule has 102 valence electrons. The molecule has 0 heterocycles. The Morgan fingerprint density at radius 1 is 1.06 bits per heavy atom. The minimum Gasteiger partial charge on any atom is -0.416 e. The molecule has 0 bridgehead atoms. The van der Waals surface area contributed by atoms with Gasteiger partial charge in [0.15, 0.2) is 8.32 Å². The van der Waals surface area contributed by atoms with E-state index in [0.717, 1.165) is 0 Å². The Kier molecular flexibility index (Phi) is 6.93. The second-order valence-corrected chi connectivity index (χ2v) is 11.0. The van der Waals surface area contributed by atoms with E-state index in [0.29, 0.717) is 29.7 Å². The van der Waals surface area contributed by atoms with E-state index in [1.165, 1.54) is 0 Å². The number of hydrogen-bond donors (Lipinski definition) is 0. The molecule has 0 aliphatic rings. The molecule has 5 heteroatoms. The van der Waals surface area contributed by atoms with E-state index in [4.69, 9.17) is 4.43 Å². The van der Waals surface area contributed by atoms with Gasteiger partial charge in [0.25, 0.3) is 0 Å². The summed E-state index contributed by atoms with van der Waals surface area (Å²) in [6, 6.07) is 0. The van der Waals surface area contributed by atoms with Crippen molar-refractivity contribution in [2.45, 2.75) is 64.6 Å². The lowest BCUT2D eigenvalue weighted by Gasteiger charge is -2.42. The summed E-state index contributed by atoms with van der Waals surface area (Å²) < 4.78 is 6.20. The molecule has 0 saturated carbocycles. The van der Waals surface area contributed by atoms with Crippen LogP contribution in [0.5, 0.6) is 0 Å². The van der Waals surface area contributed by atoms with Gasteiger partial charge in [0.2, 0.25) is 6.54 Å². The van der Waals surface area contributed by atoms with Gasteiger partial charge in [-0.25, -0.2) is 0 Å². The van der Waals surface area contributed by atoms with E-state index in [1.807, 2.05) is 0 Å². The van der Waals surface area contributed by atoms with E-state index in [1.54, 1.807) is 0 Å². The summed E-state index contributed by atoms with van der Waals surface area (Å²) in [7, 11) is -1.82. The summed E-state index contributed by atoms with van der Waals surface area (Å²) in [4.78, 5) is 10.0. The van der Waals surface area contributed by atoms with Crippen LogP contribution in [-0.2, 0) is 4.43 Å². The zero-order valence-corrected chi connectivity index (χ0v) is 13.0. The fraction of sp³-hybridized carbons (Fsp3) is 1.00. The van der Waals surface area contributed by atoms with Crippen LogP contribution in [0.15, 0.2) is 0 Å². The molecular weight excluding hydrogens is 234 g/mol.